The molecule has 0 aromatic rings. The normalized spacial score (nSPS) is 24.9. The SMILES string of the molecule is CC(C)(C)C1=CC1C(C)(C)C. The minimum atomic E-state index is 0.401. The van der Waals surface area contributed by atoms with Gasteiger partial charge in [-0.15, -0.1) is 0 Å². The average Bonchev–Trinajstić information content (AvgIpc) is 2.30. The van der Waals surface area contributed by atoms with Crippen molar-refractivity contribution < 1.29 is 0 Å². The minimum absolute atomic E-state index is 0.401. The molecule has 0 saturated carbocycles. The molecule has 0 aliphatic heterocycles. The molecular formula is C11H20. The molecule has 64 valence electrons. The number of hydrogen-bond acceptors (Lipinski definition) is 0. The topological polar surface area (TPSA) is 0 Å². The fourth-order valence-electron chi connectivity index (χ4n) is 1.56. The standard InChI is InChI=1S/C11H20/c1-10(2,3)8-7-9(8)11(4,5)6/h7-8H,1-6H3. The number of rotatable bonds is 0. The predicted octanol–water partition coefficient (Wildman–Crippen LogP) is 3.63. The van der Waals surface area contributed by atoms with Gasteiger partial charge in [0, 0.05) is 5.92 Å². The number of hydrogen-bond donors (Lipinski definition) is 0. The third-order valence-corrected chi connectivity index (χ3v) is 2.37. The molecule has 1 rings (SSSR count). The molecule has 0 heteroatoms. The van der Waals surface area contributed by atoms with Crippen LogP contribution in [0, 0.1) is 16.7 Å². The molecule has 1 atom stereocenters. The van der Waals surface area contributed by atoms with Gasteiger partial charge in [0.25, 0.3) is 0 Å². The first kappa shape index (κ1) is 8.83. The summed E-state index contributed by atoms with van der Waals surface area (Å²) in [6, 6.07) is 0. The second kappa shape index (κ2) is 2.12. The van der Waals surface area contributed by atoms with E-state index in [1.165, 1.54) is 0 Å². The van der Waals surface area contributed by atoms with Gasteiger partial charge in [0.1, 0.15) is 0 Å². The Morgan fingerprint density at radius 1 is 1.00 bits per heavy atom. The van der Waals surface area contributed by atoms with Gasteiger partial charge >= 0.3 is 0 Å². The highest BCUT2D eigenvalue weighted by atomic mass is 14.5. The van der Waals surface area contributed by atoms with Crippen LogP contribution < -0.4 is 0 Å². The van der Waals surface area contributed by atoms with E-state index >= 15 is 0 Å². The van der Waals surface area contributed by atoms with E-state index in [9.17, 15) is 0 Å². The highest BCUT2D eigenvalue weighted by Gasteiger charge is 2.40. The Hall–Kier alpha value is -0.260. The van der Waals surface area contributed by atoms with Crippen LogP contribution in [-0.4, -0.2) is 0 Å². The van der Waals surface area contributed by atoms with Gasteiger partial charge in [-0.1, -0.05) is 53.2 Å². The Morgan fingerprint density at radius 3 is 1.55 bits per heavy atom. The quantitative estimate of drug-likeness (QED) is 0.465. The molecule has 0 aromatic carbocycles. The summed E-state index contributed by atoms with van der Waals surface area (Å²) >= 11 is 0. The van der Waals surface area contributed by atoms with Gasteiger partial charge in [0.05, 0.1) is 0 Å². The molecule has 1 aliphatic rings. The predicted molar refractivity (Wildman–Crippen MR) is 50.5 cm³/mol. The Labute approximate surface area is 70.7 Å². The molecule has 1 unspecified atom stereocenters. The van der Waals surface area contributed by atoms with Crippen LogP contribution in [0.25, 0.3) is 0 Å². The third-order valence-electron chi connectivity index (χ3n) is 2.37. The average molecular weight is 152 g/mol. The Balaban J connectivity index is 2.56. The van der Waals surface area contributed by atoms with Crippen LogP contribution in [0.3, 0.4) is 0 Å². The summed E-state index contributed by atoms with van der Waals surface area (Å²) in [5.74, 6) is 0.766. The van der Waals surface area contributed by atoms with E-state index in [1.807, 2.05) is 0 Å². The summed E-state index contributed by atoms with van der Waals surface area (Å²) in [6.07, 6.45) is 2.42. The van der Waals surface area contributed by atoms with Crippen molar-refractivity contribution in [3.8, 4) is 0 Å². The van der Waals surface area contributed by atoms with Crippen LogP contribution in [0.1, 0.15) is 41.5 Å². The molecule has 0 heterocycles. The van der Waals surface area contributed by atoms with Gasteiger partial charge in [-0.2, -0.15) is 0 Å². The Bertz CT molecular complexity index is 183. The summed E-state index contributed by atoms with van der Waals surface area (Å²) in [4.78, 5) is 0. The van der Waals surface area contributed by atoms with Crippen LogP contribution in [0.4, 0.5) is 0 Å². The first-order valence-electron chi connectivity index (χ1n) is 4.45. The van der Waals surface area contributed by atoms with Gasteiger partial charge < -0.3 is 0 Å². The second-order valence-electron chi connectivity index (χ2n) is 5.72. The maximum atomic E-state index is 2.42. The van der Waals surface area contributed by atoms with Crippen molar-refractivity contribution in [1.29, 1.82) is 0 Å². The molecule has 0 radical (unpaired) electrons. The minimum Gasteiger partial charge on any atom is -0.0765 e. The summed E-state index contributed by atoms with van der Waals surface area (Å²) < 4.78 is 0. The summed E-state index contributed by atoms with van der Waals surface area (Å²) in [5.41, 5.74) is 2.49. The van der Waals surface area contributed by atoms with E-state index in [2.05, 4.69) is 47.6 Å². The van der Waals surface area contributed by atoms with E-state index in [0.29, 0.717) is 10.8 Å². The van der Waals surface area contributed by atoms with Crippen molar-refractivity contribution in [2.24, 2.45) is 16.7 Å². The van der Waals surface area contributed by atoms with Crippen molar-refractivity contribution in [3.05, 3.63) is 11.6 Å². The maximum Gasteiger partial charge on any atom is 0.00339 e. The molecule has 1 aliphatic carbocycles. The molecule has 0 bridgehead atoms. The lowest BCUT2D eigenvalue weighted by molar-refractivity contribution is 0.338. The highest BCUT2D eigenvalue weighted by Crippen LogP contribution is 2.51. The van der Waals surface area contributed by atoms with Gasteiger partial charge in [0.2, 0.25) is 0 Å². The van der Waals surface area contributed by atoms with Crippen LogP contribution in [0.15, 0.2) is 11.6 Å². The Kier molecular flexibility index (Phi) is 1.70. The van der Waals surface area contributed by atoms with Crippen LogP contribution in [-0.2, 0) is 0 Å². The van der Waals surface area contributed by atoms with E-state index in [4.69, 9.17) is 0 Å². The van der Waals surface area contributed by atoms with E-state index in [-0.39, 0.29) is 0 Å². The molecule has 0 fully saturated rings. The lowest BCUT2D eigenvalue weighted by Crippen LogP contribution is -2.15. The zero-order valence-corrected chi connectivity index (χ0v) is 8.65. The van der Waals surface area contributed by atoms with Crippen molar-refractivity contribution in [2.45, 2.75) is 41.5 Å². The molecule has 0 aromatic heterocycles. The van der Waals surface area contributed by atoms with Crippen molar-refractivity contribution in [1.82, 2.24) is 0 Å². The van der Waals surface area contributed by atoms with Crippen molar-refractivity contribution in [3.63, 3.8) is 0 Å². The van der Waals surface area contributed by atoms with Crippen molar-refractivity contribution >= 4 is 0 Å². The summed E-state index contributed by atoms with van der Waals surface area (Å²) in [5, 5.41) is 0. The molecule has 0 N–H and O–H groups in total. The van der Waals surface area contributed by atoms with E-state index < -0.39 is 0 Å². The van der Waals surface area contributed by atoms with Crippen LogP contribution in [0.2, 0.25) is 0 Å². The Morgan fingerprint density at radius 2 is 1.45 bits per heavy atom. The largest absolute Gasteiger partial charge is 0.0765 e. The third kappa shape index (κ3) is 1.85. The number of allylic oxidation sites excluding steroid dienone is 2. The van der Waals surface area contributed by atoms with Gasteiger partial charge in [-0.05, 0) is 10.8 Å². The first-order chi connectivity index (χ1) is 4.73. The second-order valence-corrected chi connectivity index (χ2v) is 5.72. The molecule has 0 amide bonds. The van der Waals surface area contributed by atoms with E-state index in [0.717, 1.165) is 5.92 Å². The van der Waals surface area contributed by atoms with Crippen LogP contribution >= 0.6 is 0 Å². The molecule has 11 heavy (non-hydrogen) atoms. The van der Waals surface area contributed by atoms with E-state index in [1.54, 1.807) is 5.57 Å². The maximum absolute atomic E-state index is 2.42. The van der Waals surface area contributed by atoms with Gasteiger partial charge in [-0.25, -0.2) is 0 Å². The van der Waals surface area contributed by atoms with Gasteiger partial charge in [0.15, 0.2) is 0 Å². The summed E-state index contributed by atoms with van der Waals surface area (Å²) in [6.45, 7) is 13.8. The lowest BCUT2D eigenvalue weighted by atomic mass is 9.80. The smallest absolute Gasteiger partial charge is 0.00339 e. The van der Waals surface area contributed by atoms with Gasteiger partial charge in [-0.3, -0.25) is 0 Å². The monoisotopic (exact) mass is 152 g/mol. The zero-order valence-electron chi connectivity index (χ0n) is 8.65. The highest BCUT2D eigenvalue weighted by molar-refractivity contribution is 5.36. The van der Waals surface area contributed by atoms with Crippen molar-refractivity contribution in [2.75, 3.05) is 0 Å². The van der Waals surface area contributed by atoms with Crippen LogP contribution in [0.5, 0.6) is 0 Å². The fraction of sp³-hybridized carbons (Fsp3) is 0.818. The molecule has 0 spiro atoms. The molecule has 0 nitrogen and oxygen atoms in total. The molecular weight excluding hydrogens is 132 g/mol. The zero-order chi connectivity index (χ0) is 8.86. The fourth-order valence-corrected chi connectivity index (χ4v) is 1.56. The molecule has 0 saturated heterocycles. The lowest BCUT2D eigenvalue weighted by Gasteiger charge is -2.24. The summed E-state index contributed by atoms with van der Waals surface area (Å²) in [7, 11) is 0. The first-order valence-corrected chi connectivity index (χ1v) is 4.45.